The van der Waals surface area contributed by atoms with Gasteiger partial charge >= 0.3 is 0 Å². The molecule has 4 rings (SSSR count). The molecular weight excluding hydrogens is 324 g/mol. The lowest BCUT2D eigenvalue weighted by Gasteiger charge is -2.05. The molecule has 2 aromatic heterocycles. The van der Waals surface area contributed by atoms with Crippen molar-refractivity contribution in [1.29, 1.82) is 0 Å². The molecule has 26 heavy (non-hydrogen) atoms. The first-order valence-electron chi connectivity index (χ1n) is 8.22. The number of fused-ring (bicyclic) bond motifs is 1. The average molecular weight is 340 g/mol. The summed E-state index contributed by atoms with van der Waals surface area (Å²) in [4.78, 5) is 15.8. The summed E-state index contributed by atoms with van der Waals surface area (Å²) < 4.78 is 6.11. The third kappa shape index (κ3) is 3.00. The van der Waals surface area contributed by atoms with E-state index in [1.54, 1.807) is 6.20 Å². The first-order valence-corrected chi connectivity index (χ1v) is 8.22. The van der Waals surface area contributed by atoms with E-state index in [4.69, 9.17) is 4.42 Å². The maximum Gasteiger partial charge on any atom is 0.247 e. The van der Waals surface area contributed by atoms with Crippen LogP contribution in [0.2, 0.25) is 0 Å². The van der Waals surface area contributed by atoms with Crippen molar-refractivity contribution in [2.24, 2.45) is 0 Å². The summed E-state index contributed by atoms with van der Waals surface area (Å²) in [5.41, 5.74) is 5.23. The number of benzene rings is 2. The molecule has 2 aromatic carbocycles. The molecule has 0 saturated carbocycles. The Bertz CT molecular complexity index is 1080. The highest BCUT2D eigenvalue weighted by molar-refractivity contribution is 5.99. The first kappa shape index (κ1) is 15.8. The molecule has 4 aromatic rings. The van der Waals surface area contributed by atoms with Crippen LogP contribution in [0.4, 0.5) is 5.69 Å². The van der Waals surface area contributed by atoms with E-state index in [2.05, 4.69) is 16.9 Å². The second-order valence-corrected chi connectivity index (χ2v) is 5.82. The second-order valence-electron chi connectivity index (χ2n) is 5.82. The van der Waals surface area contributed by atoms with Crippen molar-refractivity contribution in [2.45, 2.75) is 0 Å². The van der Waals surface area contributed by atoms with Gasteiger partial charge in [0, 0.05) is 29.1 Å². The summed E-state index contributed by atoms with van der Waals surface area (Å²) in [6.07, 6.45) is 3.02. The van der Waals surface area contributed by atoms with Crippen molar-refractivity contribution in [3.63, 3.8) is 0 Å². The number of pyridine rings is 1. The van der Waals surface area contributed by atoms with Crippen LogP contribution in [0.25, 0.3) is 33.6 Å². The zero-order valence-corrected chi connectivity index (χ0v) is 14.0. The summed E-state index contributed by atoms with van der Waals surface area (Å²) in [7, 11) is 0. The Morgan fingerprint density at radius 3 is 2.50 bits per heavy atom. The second kappa shape index (κ2) is 6.69. The fourth-order valence-corrected chi connectivity index (χ4v) is 2.84. The molecule has 1 amide bonds. The fourth-order valence-electron chi connectivity index (χ4n) is 2.84. The third-order valence-electron chi connectivity index (χ3n) is 4.12. The van der Waals surface area contributed by atoms with Gasteiger partial charge in [-0.05, 0) is 29.8 Å². The highest BCUT2D eigenvalue weighted by Gasteiger charge is 2.12. The van der Waals surface area contributed by atoms with Crippen LogP contribution >= 0.6 is 0 Å². The fraction of sp³-hybridized carbons (Fsp3) is 0. The van der Waals surface area contributed by atoms with Gasteiger partial charge in [-0.1, -0.05) is 49.0 Å². The normalized spacial score (nSPS) is 10.6. The minimum absolute atomic E-state index is 0.234. The highest BCUT2D eigenvalue weighted by atomic mass is 16.3. The molecule has 0 fully saturated rings. The zero-order valence-electron chi connectivity index (χ0n) is 14.0. The molecule has 4 heteroatoms. The molecule has 126 valence electrons. The molecule has 1 N–H and O–H groups in total. The molecule has 0 atom stereocenters. The Labute approximate surface area is 150 Å². The van der Waals surface area contributed by atoms with Crippen LogP contribution < -0.4 is 5.32 Å². The lowest BCUT2D eigenvalue weighted by Crippen LogP contribution is -2.06. The smallest absolute Gasteiger partial charge is 0.247 e. The lowest BCUT2D eigenvalue weighted by atomic mass is 10.1. The molecule has 0 aliphatic rings. The van der Waals surface area contributed by atoms with E-state index >= 15 is 0 Å². The number of hydrogen-bond donors (Lipinski definition) is 1. The van der Waals surface area contributed by atoms with Crippen molar-refractivity contribution in [2.75, 3.05) is 5.32 Å². The van der Waals surface area contributed by atoms with Crippen molar-refractivity contribution in [3.05, 3.63) is 85.6 Å². The Kier molecular flexibility index (Phi) is 4.07. The van der Waals surface area contributed by atoms with Gasteiger partial charge in [0.1, 0.15) is 11.3 Å². The van der Waals surface area contributed by atoms with E-state index in [1.807, 2.05) is 66.7 Å². The van der Waals surface area contributed by atoms with Gasteiger partial charge in [0.15, 0.2) is 5.58 Å². The van der Waals surface area contributed by atoms with Crippen LogP contribution in [-0.4, -0.2) is 10.9 Å². The lowest BCUT2D eigenvalue weighted by molar-refractivity contribution is -0.111. The topological polar surface area (TPSA) is 55.1 Å². The first-order chi connectivity index (χ1) is 12.7. The standard InChI is InChI=1S/C22H16N2O2/c1-2-21(25)24-17-10-8-15(9-11-17)18-12-13-23-19-14-20(26-22(18)19)16-6-4-3-5-7-16/h2-14H,1H2,(H,24,25). The van der Waals surface area contributed by atoms with Crippen LogP contribution in [0.1, 0.15) is 0 Å². The van der Waals surface area contributed by atoms with Crippen LogP contribution in [-0.2, 0) is 4.79 Å². The van der Waals surface area contributed by atoms with E-state index in [1.165, 1.54) is 6.08 Å². The number of furan rings is 1. The van der Waals surface area contributed by atoms with Gasteiger partial charge in [0.05, 0.1) is 0 Å². The predicted octanol–water partition coefficient (Wildman–Crippen LogP) is 5.29. The van der Waals surface area contributed by atoms with Gasteiger partial charge in [-0.15, -0.1) is 0 Å². The van der Waals surface area contributed by atoms with Crippen molar-refractivity contribution in [3.8, 4) is 22.5 Å². The number of anilines is 1. The predicted molar refractivity (Wildman–Crippen MR) is 104 cm³/mol. The molecule has 4 nitrogen and oxygen atoms in total. The number of nitrogens with one attached hydrogen (secondary N) is 1. The molecule has 0 saturated heterocycles. The van der Waals surface area contributed by atoms with Gasteiger partial charge in [-0.25, -0.2) is 0 Å². The molecule has 0 unspecified atom stereocenters. The maximum absolute atomic E-state index is 11.4. The van der Waals surface area contributed by atoms with Gasteiger partial charge < -0.3 is 9.73 Å². The minimum Gasteiger partial charge on any atom is -0.454 e. The molecular formula is C22H16N2O2. The van der Waals surface area contributed by atoms with E-state index in [0.717, 1.165) is 33.6 Å². The van der Waals surface area contributed by atoms with E-state index in [0.29, 0.717) is 5.69 Å². The number of carbonyl (C=O) groups excluding carboxylic acids is 1. The Morgan fingerprint density at radius 1 is 1.00 bits per heavy atom. The molecule has 0 bridgehead atoms. The Balaban J connectivity index is 1.73. The molecule has 0 aliphatic carbocycles. The number of aromatic nitrogens is 1. The molecule has 2 heterocycles. The number of hydrogen-bond acceptors (Lipinski definition) is 3. The Hall–Kier alpha value is -3.66. The molecule has 0 radical (unpaired) electrons. The van der Waals surface area contributed by atoms with Crippen LogP contribution in [0.5, 0.6) is 0 Å². The van der Waals surface area contributed by atoms with E-state index in [-0.39, 0.29) is 5.91 Å². The quantitative estimate of drug-likeness (QED) is 0.514. The van der Waals surface area contributed by atoms with Gasteiger partial charge in [0.2, 0.25) is 5.91 Å². The minimum atomic E-state index is -0.234. The summed E-state index contributed by atoms with van der Waals surface area (Å²) in [6, 6.07) is 21.4. The van der Waals surface area contributed by atoms with E-state index < -0.39 is 0 Å². The Morgan fingerprint density at radius 2 is 1.77 bits per heavy atom. The molecule has 0 aliphatic heterocycles. The van der Waals surface area contributed by atoms with E-state index in [9.17, 15) is 4.79 Å². The van der Waals surface area contributed by atoms with Gasteiger partial charge in [-0.3, -0.25) is 9.78 Å². The number of carbonyl (C=O) groups is 1. The third-order valence-corrected chi connectivity index (χ3v) is 4.12. The number of amides is 1. The summed E-state index contributed by atoms with van der Waals surface area (Å²) in [5, 5.41) is 2.74. The SMILES string of the molecule is C=CC(=O)Nc1ccc(-c2ccnc3cc(-c4ccccc4)oc23)cc1. The zero-order chi connectivity index (χ0) is 17.9. The van der Waals surface area contributed by atoms with Gasteiger partial charge in [-0.2, -0.15) is 0 Å². The monoisotopic (exact) mass is 340 g/mol. The maximum atomic E-state index is 11.4. The molecule has 0 spiro atoms. The summed E-state index contributed by atoms with van der Waals surface area (Å²) >= 11 is 0. The van der Waals surface area contributed by atoms with Crippen LogP contribution in [0.3, 0.4) is 0 Å². The van der Waals surface area contributed by atoms with Crippen molar-refractivity contribution >= 4 is 22.7 Å². The average Bonchev–Trinajstić information content (AvgIpc) is 3.13. The number of rotatable bonds is 4. The van der Waals surface area contributed by atoms with Gasteiger partial charge in [0.25, 0.3) is 0 Å². The highest BCUT2D eigenvalue weighted by Crippen LogP contribution is 2.33. The summed E-state index contributed by atoms with van der Waals surface area (Å²) in [5.74, 6) is 0.554. The van der Waals surface area contributed by atoms with Crippen molar-refractivity contribution in [1.82, 2.24) is 4.98 Å². The number of nitrogens with zero attached hydrogens (tertiary/aromatic N) is 1. The largest absolute Gasteiger partial charge is 0.454 e. The van der Waals surface area contributed by atoms with Crippen molar-refractivity contribution < 1.29 is 9.21 Å². The summed E-state index contributed by atoms with van der Waals surface area (Å²) in [6.45, 7) is 3.45. The van der Waals surface area contributed by atoms with Crippen LogP contribution in [0.15, 0.2) is 90.0 Å². The van der Waals surface area contributed by atoms with Crippen LogP contribution in [0, 0.1) is 0 Å².